The van der Waals surface area contributed by atoms with Gasteiger partial charge in [-0.15, -0.1) is 0 Å². The van der Waals surface area contributed by atoms with Crippen molar-refractivity contribution in [3.8, 4) is 0 Å². The van der Waals surface area contributed by atoms with Crippen LogP contribution in [0.25, 0.3) is 0 Å². The Morgan fingerprint density at radius 2 is 0.928 bits per heavy atom. The van der Waals surface area contributed by atoms with Crippen LogP contribution in [-0.4, -0.2) is 110 Å². The van der Waals surface area contributed by atoms with E-state index in [1.165, 1.54) is 180 Å². The molecule has 0 saturated carbocycles. The van der Waals surface area contributed by atoms with Crippen molar-refractivity contribution in [3.05, 3.63) is 24.3 Å². The minimum Gasteiger partial charge on any atom is -0.394 e. The standard InChI is InChI=1S/C58H111NO10/c1-3-5-7-9-11-13-15-17-19-21-23-25-26-28-29-31-33-35-37-39-41-43-45-50(61)53(63)49(48-68-58-56(66)55(65)54(64)52(47-60)69-58)59-57(67)51(62)46-44-42-40-38-36-34-32-30-27-24-22-20-18-16-14-12-10-8-6-4-2/h6,8,12,14,49-56,58,60-66H,3-5,7,9-11,13,15-48H2,1-2H3,(H,59,67)/b8-6-,14-12-. The number of carbonyl (C=O) groups excluding carboxylic acids is 1. The summed E-state index contributed by atoms with van der Waals surface area (Å²) in [5, 5.41) is 76.2. The van der Waals surface area contributed by atoms with Crippen LogP contribution in [0.3, 0.4) is 0 Å². The summed E-state index contributed by atoms with van der Waals surface area (Å²) in [6.07, 6.45) is 45.1. The summed E-state index contributed by atoms with van der Waals surface area (Å²) in [6.45, 7) is 3.39. The molecule has 0 aliphatic carbocycles. The molecule has 0 bridgehead atoms. The number of aliphatic hydroxyl groups is 7. The van der Waals surface area contributed by atoms with E-state index in [0.29, 0.717) is 19.3 Å². The van der Waals surface area contributed by atoms with Crippen LogP contribution in [0.4, 0.5) is 0 Å². The van der Waals surface area contributed by atoms with Gasteiger partial charge in [0, 0.05) is 0 Å². The van der Waals surface area contributed by atoms with Crippen molar-refractivity contribution in [1.29, 1.82) is 0 Å². The molecular formula is C58H111NO10. The monoisotopic (exact) mass is 982 g/mol. The molecular weight excluding hydrogens is 871 g/mol. The normalized spacial score (nSPS) is 20.5. The van der Waals surface area contributed by atoms with Crippen molar-refractivity contribution in [2.24, 2.45) is 0 Å². The first-order chi connectivity index (χ1) is 33.7. The van der Waals surface area contributed by atoms with Crippen LogP contribution in [0.2, 0.25) is 0 Å². The van der Waals surface area contributed by atoms with Gasteiger partial charge >= 0.3 is 0 Å². The molecule has 0 radical (unpaired) electrons. The van der Waals surface area contributed by atoms with Gasteiger partial charge in [0.2, 0.25) is 5.91 Å². The Balaban J connectivity index is 2.30. The summed E-state index contributed by atoms with van der Waals surface area (Å²) in [7, 11) is 0. The fourth-order valence-corrected chi connectivity index (χ4v) is 9.54. The first kappa shape index (κ1) is 65.6. The number of ether oxygens (including phenoxy) is 2. The van der Waals surface area contributed by atoms with E-state index >= 15 is 0 Å². The SMILES string of the molecule is CC/C=C\C/C=C\CCCCCCCCCCCCCCCC(O)C(=O)NC(COC1OC(CO)C(O)C(O)C1O)C(O)C(O)CCCCCCCCCCCCCCCCCCCCCCCC. The Bertz CT molecular complexity index is 1170. The van der Waals surface area contributed by atoms with E-state index in [4.69, 9.17) is 9.47 Å². The number of aliphatic hydroxyl groups excluding tert-OH is 7. The predicted molar refractivity (Wildman–Crippen MR) is 284 cm³/mol. The van der Waals surface area contributed by atoms with Gasteiger partial charge < -0.3 is 50.5 Å². The van der Waals surface area contributed by atoms with E-state index in [9.17, 15) is 40.5 Å². The van der Waals surface area contributed by atoms with Crippen LogP contribution in [0.15, 0.2) is 24.3 Å². The molecule has 0 aromatic rings. The largest absolute Gasteiger partial charge is 0.394 e. The zero-order valence-electron chi connectivity index (χ0n) is 44.6. The summed E-state index contributed by atoms with van der Waals surface area (Å²) in [6, 6.07) is -1.17. The van der Waals surface area contributed by atoms with Crippen molar-refractivity contribution in [3.63, 3.8) is 0 Å². The molecule has 9 unspecified atom stereocenters. The van der Waals surface area contributed by atoms with Gasteiger partial charge in [-0.05, 0) is 38.5 Å². The Labute approximate surface area is 423 Å². The molecule has 1 fully saturated rings. The van der Waals surface area contributed by atoms with Gasteiger partial charge in [-0.1, -0.05) is 256 Å². The van der Waals surface area contributed by atoms with E-state index < -0.39 is 74.2 Å². The molecule has 408 valence electrons. The molecule has 11 nitrogen and oxygen atoms in total. The number of amides is 1. The molecule has 1 heterocycles. The number of nitrogens with one attached hydrogen (secondary N) is 1. The van der Waals surface area contributed by atoms with Crippen molar-refractivity contribution in [2.45, 2.75) is 326 Å². The Morgan fingerprint density at radius 1 is 0.522 bits per heavy atom. The smallest absolute Gasteiger partial charge is 0.249 e. The average molecular weight is 983 g/mol. The lowest BCUT2D eigenvalue weighted by Gasteiger charge is -2.40. The number of rotatable bonds is 50. The zero-order valence-corrected chi connectivity index (χ0v) is 44.6. The summed E-state index contributed by atoms with van der Waals surface area (Å²) < 4.78 is 11.2. The van der Waals surface area contributed by atoms with Gasteiger partial charge in [-0.2, -0.15) is 0 Å². The van der Waals surface area contributed by atoms with E-state index in [-0.39, 0.29) is 6.42 Å². The second-order valence-electron chi connectivity index (χ2n) is 20.7. The molecule has 0 aromatic heterocycles. The quantitative estimate of drug-likeness (QED) is 0.0215. The molecule has 1 amide bonds. The highest BCUT2D eigenvalue weighted by Crippen LogP contribution is 2.24. The van der Waals surface area contributed by atoms with Crippen LogP contribution < -0.4 is 5.32 Å². The summed E-state index contributed by atoms with van der Waals surface area (Å²) in [5.41, 5.74) is 0. The van der Waals surface area contributed by atoms with Crippen molar-refractivity contribution in [2.75, 3.05) is 13.2 Å². The van der Waals surface area contributed by atoms with E-state index in [1.807, 2.05) is 0 Å². The van der Waals surface area contributed by atoms with Gasteiger partial charge in [0.05, 0.1) is 25.4 Å². The fraction of sp³-hybridized carbons (Fsp3) is 0.914. The molecule has 0 aromatic carbocycles. The Morgan fingerprint density at radius 3 is 1.36 bits per heavy atom. The van der Waals surface area contributed by atoms with Crippen LogP contribution in [0, 0.1) is 0 Å². The third-order valence-corrected chi connectivity index (χ3v) is 14.3. The van der Waals surface area contributed by atoms with Crippen molar-refractivity contribution < 1.29 is 50.0 Å². The minimum absolute atomic E-state index is 0.261. The Hall–Kier alpha value is -1.41. The van der Waals surface area contributed by atoms with Gasteiger partial charge in [-0.25, -0.2) is 0 Å². The second kappa shape index (κ2) is 47.6. The maximum Gasteiger partial charge on any atom is 0.249 e. The van der Waals surface area contributed by atoms with Crippen molar-refractivity contribution >= 4 is 5.91 Å². The topological polar surface area (TPSA) is 189 Å². The maximum absolute atomic E-state index is 13.2. The third kappa shape index (κ3) is 36.2. The molecule has 1 aliphatic heterocycles. The maximum atomic E-state index is 13.2. The summed E-state index contributed by atoms with van der Waals surface area (Å²) in [4.78, 5) is 13.2. The predicted octanol–water partition coefficient (Wildman–Crippen LogP) is 12.1. The molecule has 9 atom stereocenters. The number of unbranched alkanes of at least 4 members (excludes halogenated alkanes) is 34. The minimum atomic E-state index is -1.66. The summed E-state index contributed by atoms with van der Waals surface area (Å²) >= 11 is 0. The van der Waals surface area contributed by atoms with E-state index in [1.54, 1.807) is 0 Å². The highest BCUT2D eigenvalue weighted by atomic mass is 16.7. The van der Waals surface area contributed by atoms with Gasteiger partial charge in [-0.3, -0.25) is 4.79 Å². The first-order valence-corrected chi connectivity index (χ1v) is 29.2. The Kier molecular flexibility index (Phi) is 45.2. The summed E-state index contributed by atoms with van der Waals surface area (Å²) in [5.74, 6) is -0.694. The fourth-order valence-electron chi connectivity index (χ4n) is 9.54. The zero-order chi connectivity index (χ0) is 50.4. The van der Waals surface area contributed by atoms with Gasteiger partial charge in [0.1, 0.15) is 36.6 Å². The molecule has 8 N–H and O–H groups in total. The first-order valence-electron chi connectivity index (χ1n) is 29.2. The lowest BCUT2D eigenvalue weighted by molar-refractivity contribution is -0.303. The highest BCUT2D eigenvalue weighted by Gasteiger charge is 2.44. The van der Waals surface area contributed by atoms with Crippen LogP contribution >= 0.6 is 0 Å². The molecule has 1 rings (SSSR count). The average Bonchev–Trinajstić information content (AvgIpc) is 3.35. The van der Waals surface area contributed by atoms with Crippen LogP contribution in [-0.2, 0) is 14.3 Å². The number of allylic oxidation sites excluding steroid dienone is 4. The van der Waals surface area contributed by atoms with E-state index in [0.717, 1.165) is 51.4 Å². The van der Waals surface area contributed by atoms with E-state index in [2.05, 4.69) is 43.5 Å². The number of carbonyl (C=O) groups is 1. The lowest BCUT2D eigenvalue weighted by Crippen LogP contribution is -2.60. The van der Waals surface area contributed by atoms with Gasteiger partial charge in [0.15, 0.2) is 6.29 Å². The van der Waals surface area contributed by atoms with Crippen molar-refractivity contribution in [1.82, 2.24) is 5.32 Å². The molecule has 0 spiro atoms. The second-order valence-corrected chi connectivity index (χ2v) is 20.7. The molecule has 1 saturated heterocycles. The van der Waals surface area contributed by atoms with Crippen LogP contribution in [0.1, 0.15) is 271 Å². The lowest BCUT2D eigenvalue weighted by atomic mass is 9.98. The number of hydrogen-bond acceptors (Lipinski definition) is 10. The third-order valence-electron chi connectivity index (χ3n) is 14.3. The molecule has 69 heavy (non-hydrogen) atoms. The molecule has 1 aliphatic rings. The molecule has 11 heteroatoms. The highest BCUT2D eigenvalue weighted by molar-refractivity contribution is 5.80. The van der Waals surface area contributed by atoms with Crippen LogP contribution in [0.5, 0.6) is 0 Å². The van der Waals surface area contributed by atoms with Gasteiger partial charge in [0.25, 0.3) is 0 Å². The number of hydrogen-bond donors (Lipinski definition) is 8.